The minimum absolute atomic E-state index is 0.120. The van der Waals surface area contributed by atoms with Crippen molar-refractivity contribution in [3.8, 4) is 22.4 Å². The van der Waals surface area contributed by atoms with Gasteiger partial charge in [0, 0.05) is 23.5 Å². The van der Waals surface area contributed by atoms with Gasteiger partial charge in [-0.1, -0.05) is 57.7 Å². The quantitative estimate of drug-likeness (QED) is 0.182. The third kappa shape index (κ3) is 5.56. The van der Waals surface area contributed by atoms with Crippen LogP contribution in [0.4, 0.5) is 0 Å². The number of aliphatic imine (C=N–C) groups is 1. The summed E-state index contributed by atoms with van der Waals surface area (Å²) in [6, 6.07) is 20.1. The highest BCUT2D eigenvalue weighted by Crippen LogP contribution is 2.37. The van der Waals surface area contributed by atoms with Gasteiger partial charge in [0.25, 0.3) is 0 Å². The van der Waals surface area contributed by atoms with Crippen LogP contribution in [0.5, 0.6) is 0 Å². The zero-order valence-electron chi connectivity index (χ0n) is 24.6. The van der Waals surface area contributed by atoms with Crippen molar-refractivity contribution in [1.29, 1.82) is 0 Å². The molecule has 0 radical (unpaired) electrons. The number of imidazole rings is 2. The van der Waals surface area contributed by atoms with Crippen molar-refractivity contribution in [3.05, 3.63) is 85.2 Å². The summed E-state index contributed by atoms with van der Waals surface area (Å²) in [6.45, 7) is 14.4. The predicted molar refractivity (Wildman–Crippen MR) is 171 cm³/mol. The molecule has 0 amide bonds. The van der Waals surface area contributed by atoms with Gasteiger partial charge in [0.15, 0.2) is 0 Å². The van der Waals surface area contributed by atoms with Gasteiger partial charge in [0.2, 0.25) is 0 Å². The van der Waals surface area contributed by atoms with E-state index in [0.717, 1.165) is 66.0 Å². The Balaban J connectivity index is 1.26. The van der Waals surface area contributed by atoms with E-state index in [0.29, 0.717) is 5.92 Å². The summed E-state index contributed by atoms with van der Waals surface area (Å²) in [5, 5.41) is 2.43. The Morgan fingerprint density at radius 1 is 1.05 bits per heavy atom. The van der Waals surface area contributed by atoms with Crippen LogP contribution in [0.25, 0.3) is 44.2 Å². The fraction of sp³-hybridized carbons (Fsp3) is 0.343. The van der Waals surface area contributed by atoms with Gasteiger partial charge in [-0.05, 0) is 84.7 Å². The van der Waals surface area contributed by atoms with E-state index in [9.17, 15) is 0 Å². The van der Waals surface area contributed by atoms with Gasteiger partial charge in [-0.3, -0.25) is 4.99 Å². The number of nitrogens with one attached hydrogen (secondary N) is 2. The number of H-pyrrole nitrogens is 2. The number of fused-ring (bicyclic) bond motifs is 2. The molecule has 0 bridgehead atoms. The van der Waals surface area contributed by atoms with Crippen LogP contribution in [0, 0.1) is 5.92 Å². The summed E-state index contributed by atoms with van der Waals surface area (Å²) in [7, 11) is 0. The number of aromatic amines is 2. The fourth-order valence-electron chi connectivity index (χ4n) is 6.03. The number of hydrogen-bond donors (Lipinski definition) is 2. The molecular weight excluding hydrogens is 504 g/mol. The highest BCUT2D eigenvalue weighted by Gasteiger charge is 2.32. The van der Waals surface area contributed by atoms with Gasteiger partial charge in [-0.2, -0.15) is 0 Å². The van der Waals surface area contributed by atoms with Gasteiger partial charge in [-0.15, -0.1) is 0 Å². The molecule has 0 saturated carbocycles. The highest BCUT2D eigenvalue weighted by atomic mass is 15.2. The topological polar surface area (TPSA) is 73.0 Å². The lowest BCUT2D eigenvalue weighted by Gasteiger charge is -2.31. The number of likely N-dealkylation sites (tertiary alicyclic amines) is 1. The van der Waals surface area contributed by atoms with E-state index >= 15 is 0 Å². The van der Waals surface area contributed by atoms with Gasteiger partial charge in [0.05, 0.1) is 41.3 Å². The molecule has 0 spiro atoms. The number of aromatic nitrogens is 4. The third-order valence-electron chi connectivity index (χ3n) is 8.39. The van der Waals surface area contributed by atoms with E-state index in [1.807, 2.05) is 6.20 Å². The third-order valence-corrected chi connectivity index (χ3v) is 8.39. The molecule has 1 saturated heterocycles. The van der Waals surface area contributed by atoms with Gasteiger partial charge < -0.3 is 14.9 Å². The summed E-state index contributed by atoms with van der Waals surface area (Å²) in [6.07, 6.45) is 7.76. The van der Waals surface area contributed by atoms with Crippen LogP contribution in [0.2, 0.25) is 0 Å². The number of hydrogen-bond acceptors (Lipinski definition) is 4. The molecule has 0 aliphatic carbocycles. The maximum Gasteiger partial charge on any atom is 0.130 e. The first-order chi connectivity index (χ1) is 19.9. The molecule has 6 nitrogen and oxygen atoms in total. The molecule has 1 aliphatic heterocycles. The second-order valence-corrected chi connectivity index (χ2v) is 11.8. The summed E-state index contributed by atoms with van der Waals surface area (Å²) in [4.78, 5) is 23.6. The lowest BCUT2D eigenvalue weighted by Crippen LogP contribution is -2.30. The van der Waals surface area contributed by atoms with Crippen LogP contribution < -0.4 is 0 Å². The monoisotopic (exact) mass is 544 g/mol. The van der Waals surface area contributed by atoms with E-state index in [1.54, 1.807) is 6.33 Å². The molecule has 0 unspecified atom stereocenters. The van der Waals surface area contributed by atoms with E-state index in [2.05, 4.69) is 109 Å². The van der Waals surface area contributed by atoms with Crippen LogP contribution in [-0.4, -0.2) is 43.1 Å². The number of benzene rings is 3. The SMILES string of the molecule is C=C([C@H](CC(C)C)N=C(C)CC)N1CCC[C@H]1c1nc2ccc(-c3ccc4cc(-c5cnc[nH]5)ccc4c3)cc2[nH]1. The summed E-state index contributed by atoms with van der Waals surface area (Å²) in [5.74, 6) is 1.59. The Kier molecular flexibility index (Phi) is 7.48. The van der Waals surface area contributed by atoms with Crippen LogP contribution in [0.1, 0.15) is 65.2 Å². The van der Waals surface area contributed by atoms with Crippen LogP contribution in [-0.2, 0) is 0 Å². The maximum atomic E-state index is 5.08. The molecule has 1 aliphatic rings. The predicted octanol–water partition coefficient (Wildman–Crippen LogP) is 8.71. The Morgan fingerprint density at radius 2 is 1.78 bits per heavy atom. The molecule has 41 heavy (non-hydrogen) atoms. The Morgan fingerprint density at radius 3 is 2.51 bits per heavy atom. The van der Waals surface area contributed by atoms with E-state index in [-0.39, 0.29) is 12.1 Å². The molecular formula is C35H40N6. The minimum Gasteiger partial charge on any atom is -0.363 e. The Bertz CT molecular complexity index is 1710. The summed E-state index contributed by atoms with van der Waals surface area (Å²) in [5.41, 5.74) is 8.94. The maximum absolute atomic E-state index is 5.08. The normalized spacial score (nSPS) is 16.8. The molecule has 2 atom stereocenters. The Labute approximate surface area is 242 Å². The second-order valence-electron chi connectivity index (χ2n) is 11.8. The molecule has 3 aromatic carbocycles. The summed E-state index contributed by atoms with van der Waals surface area (Å²) >= 11 is 0. The smallest absolute Gasteiger partial charge is 0.130 e. The fourth-order valence-corrected chi connectivity index (χ4v) is 6.03. The second kappa shape index (κ2) is 11.4. The molecule has 210 valence electrons. The largest absolute Gasteiger partial charge is 0.363 e. The zero-order valence-corrected chi connectivity index (χ0v) is 24.6. The van der Waals surface area contributed by atoms with E-state index in [4.69, 9.17) is 9.98 Å². The molecule has 6 heteroatoms. The van der Waals surface area contributed by atoms with Gasteiger partial charge in [0.1, 0.15) is 5.82 Å². The van der Waals surface area contributed by atoms with Crippen molar-refractivity contribution in [2.45, 2.75) is 65.5 Å². The summed E-state index contributed by atoms with van der Waals surface area (Å²) < 4.78 is 0. The lowest BCUT2D eigenvalue weighted by atomic mass is 9.99. The molecule has 5 aromatic rings. The van der Waals surface area contributed by atoms with E-state index in [1.165, 1.54) is 27.6 Å². The van der Waals surface area contributed by atoms with Gasteiger partial charge >= 0.3 is 0 Å². The van der Waals surface area contributed by atoms with Crippen molar-refractivity contribution in [3.63, 3.8) is 0 Å². The average Bonchev–Trinajstić information content (AvgIpc) is 3.76. The molecule has 2 aromatic heterocycles. The molecule has 3 heterocycles. The van der Waals surface area contributed by atoms with Crippen molar-refractivity contribution in [2.75, 3.05) is 6.54 Å². The first kappa shape index (κ1) is 27.0. The molecule has 6 rings (SSSR count). The average molecular weight is 545 g/mol. The molecule has 1 fully saturated rings. The standard InChI is InChI=1S/C35H40N6/c1-6-23(4)38-31(16-22(2)3)24(5)41-15-7-8-34(41)35-39-30-14-13-28(19-32(30)40-35)26-9-10-27-18-29(12-11-25(27)17-26)33-20-36-21-37-33/h9-14,17-22,31,34H,5-8,15-16H2,1-4H3,(H,36,37)(H,39,40)/t31-,34-/m0/s1. The highest BCUT2D eigenvalue weighted by molar-refractivity contribution is 5.91. The Hall–Kier alpha value is -4.19. The number of rotatable bonds is 9. The lowest BCUT2D eigenvalue weighted by molar-refractivity contribution is 0.289. The van der Waals surface area contributed by atoms with Crippen molar-refractivity contribution >= 4 is 27.5 Å². The number of nitrogens with zero attached hydrogens (tertiary/aromatic N) is 4. The van der Waals surface area contributed by atoms with Crippen molar-refractivity contribution < 1.29 is 0 Å². The van der Waals surface area contributed by atoms with E-state index < -0.39 is 0 Å². The zero-order chi connectivity index (χ0) is 28.5. The molecule has 2 N–H and O–H groups in total. The first-order valence-corrected chi connectivity index (χ1v) is 14.9. The van der Waals surface area contributed by atoms with Crippen LogP contribution in [0.3, 0.4) is 0 Å². The van der Waals surface area contributed by atoms with Crippen molar-refractivity contribution in [1.82, 2.24) is 24.8 Å². The van der Waals surface area contributed by atoms with Crippen LogP contribution >= 0.6 is 0 Å². The van der Waals surface area contributed by atoms with Gasteiger partial charge in [-0.25, -0.2) is 9.97 Å². The minimum atomic E-state index is 0.120. The van der Waals surface area contributed by atoms with Crippen LogP contribution in [0.15, 0.2) is 84.4 Å². The first-order valence-electron chi connectivity index (χ1n) is 14.9. The van der Waals surface area contributed by atoms with Crippen molar-refractivity contribution in [2.24, 2.45) is 10.9 Å².